The second-order valence-electron chi connectivity index (χ2n) is 4.33. The fourth-order valence-electron chi connectivity index (χ4n) is 1.70. The maximum atomic E-state index is 13.1. The maximum Gasteiger partial charge on any atom is 0.126 e. The van der Waals surface area contributed by atoms with Crippen LogP contribution in [0.3, 0.4) is 0 Å². The summed E-state index contributed by atoms with van der Waals surface area (Å²) in [7, 11) is 0. The van der Waals surface area contributed by atoms with E-state index in [9.17, 15) is 4.39 Å². The van der Waals surface area contributed by atoms with Gasteiger partial charge in [-0.15, -0.1) is 24.8 Å². The maximum absolute atomic E-state index is 13.1. The van der Waals surface area contributed by atoms with Crippen molar-refractivity contribution in [3.05, 3.63) is 71.9 Å². The van der Waals surface area contributed by atoms with Gasteiger partial charge in [0, 0.05) is 6.42 Å². The third-order valence-electron chi connectivity index (χ3n) is 2.81. The second kappa shape index (κ2) is 8.83. The van der Waals surface area contributed by atoms with Crippen LogP contribution in [0, 0.1) is 19.7 Å². The number of hydrogen-bond acceptors (Lipinski definition) is 1. The van der Waals surface area contributed by atoms with Gasteiger partial charge >= 0.3 is 0 Å². The van der Waals surface area contributed by atoms with Crippen LogP contribution in [-0.4, -0.2) is 6.61 Å². The summed E-state index contributed by atoms with van der Waals surface area (Å²) in [5, 5.41) is 0. The molecule has 0 saturated heterocycles. The number of halogens is 3. The van der Waals surface area contributed by atoms with E-state index in [4.69, 9.17) is 4.74 Å². The van der Waals surface area contributed by atoms with Crippen LogP contribution in [0.5, 0.6) is 5.75 Å². The van der Waals surface area contributed by atoms with E-state index in [0.717, 1.165) is 12.0 Å². The first kappa shape index (κ1) is 18.8. The third-order valence-corrected chi connectivity index (χ3v) is 2.81. The molecule has 0 amide bonds. The molecule has 0 unspecified atom stereocenters. The average Bonchev–Trinajstić information content (AvgIpc) is 2.36. The Morgan fingerprint density at radius 2 is 1.70 bits per heavy atom. The van der Waals surface area contributed by atoms with Crippen molar-refractivity contribution >= 4 is 24.8 Å². The van der Waals surface area contributed by atoms with Gasteiger partial charge in [-0.05, 0) is 48.7 Å². The molecule has 0 fully saturated rings. The number of aryl methyl sites for hydroxylation is 1. The van der Waals surface area contributed by atoms with Gasteiger partial charge in [0.05, 0.1) is 6.61 Å². The molecule has 2 aromatic carbocycles. The Bertz CT molecular complexity index is 527. The Labute approximate surface area is 132 Å². The number of rotatable bonds is 4. The first-order valence-corrected chi connectivity index (χ1v) is 5.95. The summed E-state index contributed by atoms with van der Waals surface area (Å²) in [6, 6.07) is 12.9. The van der Waals surface area contributed by atoms with Crippen LogP contribution >= 0.6 is 24.8 Å². The van der Waals surface area contributed by atoms with Crippen molar-refractivity contribution in [2.45, 2.75) is 13.3 Å². The van der Waals surface area contributed by atoms with Crippen molar-refractivity contribution in [1.82, 2.24) is 0 Å². The Balaban J connectivity index is 0.00000180. The van der Waals surface area contributed by atoms with E-state index < -0.39 is 0 Å². The standard InChI is InChI=1S/C16H16FO.2ClH/c1-12-3-5-14(6-4-12)9-10-18-15-7-8-16(17)13(2)11-15;;/h3-8,11H,1,9-10H2,2H3;2*1H. The summed E-state index contributed by atoms with van der Waals surface area (Å²) < 4.78 is 18.7. The highest BCUT2D eigenvalue weighted by atomic mass is 35.5. The zero-order valence-corrected chi connectivity index (χ0v) is 12.9. The normalized spacial score (nSPS) is 9.35. The number of benzene rings is 2. The van der Waals surface area contributed by atoms with E-state index in [2.05, 4.69) is 6.92 Å². The lowest BCUT2D eigenvalue weighted by Crippen LogP contribution is -2.01. The van der Waals surface area contributed by atoms with Crippen molar-refractivity contribution in [3.8, 4) is 5.75 Å². The molecular formula is C16H18Cl2FO. The molecule has 0 N–H and O–H groups in total. The van der Waals surface area contributed by atoms with Gasteiger partial charge in [0.1, 0.15) is 11.6 Å². The minimum absolute atomic E-state index is 0. The molecule has 1 nitrogen and oxygen atoms in total. The van der Waals surface area contributed by atoms with Crippen LogP contribution in [-0.2, 0) is 6.42 Å². The highest BCUT2D eigenvalue weighted by Crippen LogP contribution is 2.16. The number of hydrogen-bond donors (Lipinski definition) is 0. The summed E-state index contributed by atoms with van der Waals surface area (Å²) in [5.41, 5.74) is 2.82. The van der Waals surface area contributed by atoms with Gasteiger partial charge in [-0.3, -0.25) is 0 Å². The molecule has 0 aliphatic rings. The largest absolute Gasteiger partial charge is 0.493 e. The second-order valence-corrected chi connectivity index (χ2v) is 4.33. The van der Waals surface area contributed by atoms with Crippen LogP contribution in [0.2, 0.25) is 0 Å². The lowest BCUT2D eigenvalue weighted by Gasteiger charge is -2.07. The zero-order chi connectivity index (χ0) is 13.0. The lowest BCUT2D eigenvalue weighted by atomic mass is 10.1. The van der Waals surface area contributed by atoms with Crippen molar-refractivity contribution in [2.75, 3.05) is 6.61 Å². The highest BCUT2D eigenvalue weighted by Gasteiger charge is 2.00. The van der Waals surface area contributed by atoms with Gasteiger partial charge in [0.15, 0.2) is 0 Å². The molecule has 109 valence electrons. The molecule has 0 bridgehead atoms. The van der Waals surface area contributed by atoms with E-state index in [-0.39, 0.29) is 30.6 Å². The van der Waals surface area contributed by atoms with Crippen molar-refractivity contribution in [1.29, 1.82) is 0 Å². The lowest BCUT2D eigenvalue weighted by molar-refractivity contribution is 0.321. The predicted molar refractivity (Wildman–Crippen MR) is 85.7 cm³/mol. The third kappa shape index (κ3) is 5.40. The van der Waals surface area contributed by atoms with E-state index in [1.54, 1.807) is 19.1 Å². The van der Waals surface area contributed by atoms with Crippen molar-refractivity contribution in [2.24, 2.45) is 0 Å². The summed E-state index contributed by atoms with van der Waals surface area (Å²) in [6.07, 6.45) is 0.830. The molecule has 0 aromatic heterocycles. The molecule has 4 heteroatoms. The molecular weight excluding hydrogens is 298 g/mol. The minimum atomic E-state index is -0.201. The van der Waals surface area contributed by atoms with Crippen LogP contribution in [0.25, 0.3) is 0 Å². The molecule has 0 saturated carbocycles. The molecule has 1 radical (unpaired) electrons. The molecule has 2 rings (SSSR count). The van der Waals surface area contributed by atoms with Crippen LogP contribution < -0.4 is 4.74 Å². The summed E-state index contributed by atoms with van der Waals surface area (Å²) in [5.74, 6) is 0.510. The van der Waals surface area contributed by atoms with Gasteiger partial charge in [0.25, 0.3) is 0 Å². The van der Waals surface area contributed by atoms with Crippen LogP contribution in [0.15, 0.2) is 42.5 Å². The number of ether oxygens (including phenoxy) is 1. The van der Waals surface area contributed by atoms with Gasteiger partial charge in [-0.2, -0.15) is 0 Å². The smallest absolute Gasteiger partial charge is 0.126 e. The summed E-state index contributed by atoms with van der Waals surface area (Å²) in [4.78, 5) is 0. The van der Waals surface area contributed by atoms with Gasteiger partial charge in [-0.1, -0.05) is 24.3 Å². The summed E-state index contributed by atoms with van der Waals surface area (Å²) >= 11 is 0. The molecule has 0 atom stereocenters. The quantitative estimate of drug-likeness (QED) is 0.788. The van der Waals surface area contributed by atoms with Crippen molar-refractivity contribution in [3.63, 3.8) is 0 Å². The van der Waals surface area contributed by atoms with Gasteiger partial charge in [0.2, 0.25) is 0 Å². The highest BCUT2D eigenvalue weighted by molar-refractivity contribution is 5.85. The molecule has 20 heavy (non-hydrogen) atoms. The van der Waals surface area contributed by atoms with E-state index in [1.165, 1.54) is 11.6 Å². The first-order valence-electron chi connectivity index (χ1n) is 5.95. The molecule has 2 aromatic rings. The zero-order valence-electron chi connectivity index (χ0n) is 11.3. The first-order chi connectivity index (χ1) is 8.65. The SMILES string of the molecule is Cl.Cl.[CH2]c1ccc(CCOc2ccc(F)c(C)c2)cc1. The fraction of sp³-hybridized carbons (Fsp3) is 0.188. The van der Waals surface area contributed by atoms with Crippen LogP contribution in [0.4, 0.5) is 4.39 Å². The molecule has 0 aliphatic heterocycles. The Hall–Kier alpha value is -1.25. The van der Waals surface area contributed by atoms with Crippen molar-refractivity contribution < 1.29 is 9.13 Å². The molecule has 0 heterocycles. The van der Waals surface area contributed by atoms with E-state index >= 15 is 0 Å². The Morgan fingerprint density at radius 3 is 2.30 bits per heavy atom. The summed E-state index contributed by atoms with van der Waals surface area (Å²) in [6.45, 7) is 6.16. The van der Waals surface area contributed by atoms with Gasteiger partial charge < -0.3 is 4.74 Å². The average molecular weight is 316 g/mol. The minimum Gasteiger partial charge on any atom is -0.493 e. The Kier molecular flexibility index (Phi) is 8.28. The van der Waals surface area contributed by atoms with E-state index in [0.29, 0.717) is 17.9 Å². The molecule has 0 aliphatic carbocycles. The fourth-order valence-corrected chi connectivity index (χ4v) is 1.70. The van der Waals surface area contributed by atoms with E-state index in [1.807, 2.05) is 24.3 Å². The Morgan fingerprint density at radius 1 is 1.05 bits per heavy atom. The monoisotopic (exact) mass is 315 g/mol. The van der Waals surface area contributed by atoms with Crippen LogP contribution in [0.1, 0.15) is 16.7 Å². The predicted octanol–water partition coefficient (Wildman–Crippen LogP) is 4.78. The van der Waals surface area contributed by atoms with Gasteiger partial charge in [-0.25, -0.2) is 4.39 Å². The topological polar surface area (TPSA) is 9.23 Å². The molecule has 0 spiro atoms.